The Balaban J connectivity index is 1.16. The van der Waals surface area contributed by atoms with Crippen molar-refractivity contribution in [3.8, 4) is 0 Å². The lowest BCUT2D eigenvalue weighted by molar-refractivity contribution is -0.136. The second-order valence-electron chi connectivity index (χ2n) is 8.38. The summed E-state index contributed by atoms with van der Waals surface area (Å²) >= 11 is 1.77. The number of thiazole rings is 1. The molecule has 5 nitrogen and oxygen atoms in total. The minimum Gasteiger partial charge on any atom is -0.368 e. The molecule has 0 atom stereocenters. The monoisotopic (exact) mass is 420 g/mol. The van der Waals surface area contributed by atoms with E-state index >= 15 is 0 Å². The largest absolute Gasteiger partial charge is 0.368 e. The molecule has 0 unspecified atom stereocenters. The number of carbonyl (C=O) groups excluding carboxylic acids is 1. The van der Waals surface area contributed by atoms with Gasteiger partial charge in [0.15, 0.2) is 5.13 Å². The van der Waals surface area contributed by atoms with Gasteiger partial charge in [-0.25, -0.2) is 4.98 Å². The third kappa shape index (κ3) is 3.88. The zero-order chi connectivity index (χ0) is 20.5. The number of para-hydroxylation sites is 1. The van der Waals surface area contributed by atoms with Gasteiger partial charge in [-0.15, -0.1) is 0 Å². The van der Waals surface area contributed by atoms with E-state index < -0.39 is 0 Å². The van der Waals surface area contributed by atoms with Gasteiger partial charge in [0.25, 0.3) is 0 Å². The first kappa shape index (κ1) is 19.4. The van der Waals surface area contributed by atoms with Crippen LogP contribution in [0.25, 0.3) is 10.2 Å². The molecule has 2 aromatic carbocycles. The lowest BCUT2D eigenvalue weighted by Gasteiger charge is -2.39. The van der Waals surface area contributed by atoms with Gasteiger partial charge in [-0.1, -0.05) is 35.6 Å². The Kier molecular flexibility index (Phi) is 5.34. The second kappa shape index (κ2) is 8.26. The number of aromatic nitrogens is 1. The average Bonchev–Trinajstić information content (AvgIpc) is 3.23. The molecule has 0 saturated carbocycles. The van der Waals surface area contributed by atoms with Crippen molar-refractivity contribution in [1.82, 2.24) is 9.88 Å². The molecular formula is C24H28N4OS. The number of amides is 1. The van der Waals surface area contributed by atoms with E-state index in [0.29, 0.717) is 5.91 Å². The number of benzene rings is 2. The highest BCUT2D eigenvalue weighted by Gasteiger charge is 2.31. The Morgan fingerprint density at radius 2 is 1.67 bits per heavy atom. The lowest BCUT2D eigenvalue weighted by atomic mass is 9.95. The number of aryl methyl sites for hydroxylation is 1. The van der Waals surface area contributed by atoms with Gasteiger partial charge in [-0.2, -0.15) is 0 Å². The molecule has 0 aliphatic carbocycles. The molecule has 3 heterocycles. The highest BCUT2D eigenvalue weighted by atomic mass is 32.1. The Morgan fingerprint density at radius 3 is 2.40 bits per heavy atom. The lowest BCUT2D eigenvalue weighted by Crippen LogP contribution is -2.51. The molecule has 2 saturated heterocycles. The molecule has 0 bridgehead atoms. The fourth-order valence-electron chi connectivity index (χ4n) is 4.55. The predicted octanol–water partition coefficient (Wildman–Crippen LogP) is 4.17. The van der Waals surface area contributed by atoms with Gasteiger partial charge >= 0.3 is 0 Å². The average molecular weight is 421 g/mol. The molecule has 30 heavy (non-hydrogen) atoms. The SMILES string of the molecule is Cc1ccc2nc(N3CCC(C(=O)N4CCN(c5ccccc5)CC4)CC3)sc2c1. The Bertz CT molecular complexity index is 1020. The molecule has 6 heteroatoms. The van der Waals surface area contributed by atoms with Gasteiger partial charge in [0.1, 0.15) is 0 Å². The van der Waals surface area contributed by atoms with Crippen molar-refractivity contribution in [1.29, 1.82) is 0 Å². The van der Waals surface area contributed by atoms with E-state index in [0.717, 1.165) is 62.8 Å². The molecule has 0 spiro atoms. The van der Waals surface area contributed by atoms with Crippen molar-refractivity contribution < 1.29 is 4.79 Å². The van der Waals surface area contributed by atoms with Crippen LogP contribution in [0.5, 0.6) is 0 Å². The molecule has 0 radical (unpaired) electrons. The predicted molar refractivity (Wildman–Crippen MR) is 125 cm³/mol. The Labute approximate surface area is 181 Å². The Hall–Kier alpha value is -2.60. The molecule has 3 aromatic rings. The number of fused-ring (bicyclic) bond motifs is 1. The van der Waals surface area contributed by atoms with Crippen LogP contribution < -0.4 is 9.80 Å². The first-order valence-corrected chi connectivity index (χ1v) is 11.7. The van der Waals surface area contributed by atoms with Crippen LogP contribution >= 0.6 is 11.3 Å². The fourth-order valence-corrected chi connectivity index (χ4v) is 5.67. The summed E-state index contributed by atoms with van der Waals surface area (Å²) in [6, 6.07) is 16.9. The zero-order valence-electron chi connectivity index (χ0n) is 17.5. The number of carbonyl (C=O) groups is 1. The van der Waals surface area contributed by atoms with E-state index in [1.165, 1.54) is 16.0 Å². The summed E-state index contributed by atoms with van der Waals surface area (Å²) in [7, 11) is 0. The van der Waals surface area contributed by atoms with E-state index in [2.05, 4.69) is 64.1 Å². The quantitative estimate of drug-likeness (QED) is 0.638. The Morgan fingerprint density at radius 1 is 0.933 bits per heavy atom. The standard InChI is InChI=1S/C24H28N4OS/c1-18-7-8-21-22(17-18)30-24(25-21)28-11-9-19(10-12-28)23(29)27-15-13-26(14-16-27)20-5-3-2-4-6-20/h2-8,17,19H,9-16H2,1H3. The van der Waals surface area contributed by atoms with Gasteiger partial charge < -0.3 is 14.7 Å². The topological polar surface area (TPSA) is 39.7 Å². The summed E-state index contributed by atoms with van der Waals surface area (Å²) in [6.45, 7) is 7.43. The smallest absolute Gasteiger partial charge is 0.225 e. The normalized spacial score (nSPS) is 18.2. The maximum absolute atomic E-state index is 13.1. The van der Waals surface area contributed by atoms with Crippen LogP contribution in [0, 0.1) is 12.8 Å². The number of hydrogen-bond donors (Lipinski definition) is 0. The number of anilines is 2. The molecule has 2 aliphatic rings. The summed E-state index contributed by atoms with van der Waals surface area (Å²) in [5.74, 6) is 0.503. The third-order valence-electron chi connectivity index (χ3n) is 6.36. The van der Waals surface area contributed by atoms with Crippen LogP contribution in [-0.2, 0) is 4.79 Å². The van der Waals surface area contributed by atoms with Crippen molar-refractivity contribution in [3.63, 3.8) is 0 Å². The maximum Gasteiger partial charge on any atom is 0.225 e. The van der Waals surface area contributed by atoms with E-state index in [1.54, 1.807) is 11.3 Å². The number of hydrogen-bond acceptors (Lipinski definition) is 5. The third-order valence-corrected chi connectivity index (χ3v) is 7.44. The first-order chi connectivity index (χ1) is 14.7. The number of piperazine rings is 1. The van der Waals surface area contributed by atoms with Crippen LogP contribution in [-0.4, -0.2) is 55.1 Å². The van der Waals surface area contributed by atoms with Crippen molar-refractivity contribution in [2.75, 3.05) is 49.1 Å². The number of nitrogens with zero attached hydrogens (tertiary/aromatic N) is 4. The minimum absolute atomic E-state index is 0.154. The molecule has 1 amide bonds. The van der Waals surface area contributed by atoms with Crippen molar-refractivity contribution >= 4 is 38.3 Å². The van der Waals surface area contributed by atoms with Crippen molar-refractivity contribution in [2.45, 2.75) is 19.8 Å². The van der Waals surface area contributed by atoms with Crippen LogP contribution in [0.3, 0.4) is 0 Å². The molecule has 2 aliphatic heterocycles. The summed E-state index contributed by atoms with van der Waals surface area (Å²) in [4.78, 5) is 24.7. The van der Waals surface area contributed by atoms with E-state index in [4.69, 9.17) is 4.98 Å². The summed E-state index contributed by atoms with van der Waals surface area (Å²) in [5, 5.41) is 1.10. The molecular weight excluding hydrogens is 392 g/mol. The van der Waals surface area contributed by atoms with E-state index in [1.807, 2.05) is 6.07 Å². The van der Waals surface area contributed by atoms with E-state index in [9.17, 15) is 4.79 Å². The number of rotatable bonds is 3. The maximum atomic E-state index is 13.1. The zero-order valence-corrected chi connectivity index (χ0v) is 18.3. The molecule has 1 aromatic heterocycles. The van der Waals surface area contributed by atoms with Gasteiger partial charge in [0.05, 0.1) is 10.2 Å². The van der Waals surface area contributed by atoms with Crippen LogP contribution in [0.4, 0.5) is 10.8 Å². The fraction of sp³-hybridized carbons (Fsp3) is 0.417. The highest BCUT2D eigenvalue weighted by Crippen LogP contribution is 2.32. The highest BCUT2D eigenvalue weighted by molar-refractivity contribution is 7.22. The van der Waals surface area contributed by atoms with Crippen molar-refractivity contribution in [2.24, 2.45) is 5.92 Å². The van der Waals surface area contributed by atoms with Gasteiger partial charge in [-0.05, 0) is 49.6 Å². The molecule has 0 N–H and O–H groups in total. The first-order valence-electron chi connectivity index (χ1n) is 10.9. The molecule has 5 rings (SSSR count). The number of piperidine rings is 1. The van der Waals surface area contributed by atoms with Crippen LogP contribution in [0.1, 0.15) is 18.4 Å². The van der Waals surface area contributed by atoms with E-state index in [-0.39, 0.29) is 5.92 Å². The summed E-state index contributed by atoms with van der Waals surface area (Å²) in [5.41, 5.74) is 3.60. The van der Waals surface area contributed by atoms with Gasteiger partial charge in [0.2, 0.25) is 5.91 Å². The van der Waals surface area contributed by atoms with Gasteiger partial charge in [-0.3, -0.25) is 4.79 Å². The van der Waals surface area contributed by atoms with Crippen LogP contribution in [0.2, 0.25) is 0 Å². The second-order valence-corrected chi connectivity index (χ2v) is 9.39. The molecule has 2 fully saturated rings. The minimum atomic E-state index is 0.154. The van der Waals surface area contributed by atoms with Crippen LogP contribution in [0.15, 0.2) is 48.5 Å². The summed E-state index contributed by atoms with van der Waals surface area (Å²) < 4.78 is 1.25. The van der Waals surface area contributed by atoms with Gasteiger partial charge in [0, 0.05) is 50.9 Å². The van der Waals surface area contributed by atoms with Crippen molar-refractivity contribution in [3.05, 3.63) is 54.1 Å². The summed E-state index contributed by atoms with van der Waals surface area (Å²) in [6.07, 6.45) is 1.85. The molecule has 156 valence electrons.